The van der Waals surface area contributed by atoms with E-state index in [-0.39, 0.29) is 6.54 Å². The number of benzene rings is 1. The van der Waals surface area contributed by atoms with Gasteiger partial charge in [0.2, 0.25) is 0 Å². The number of nitrogens with one attached hydrogen (secondary N) is 1. The Morgan fingerprint density at radius 3 is 2.86 bits per heavy atom. The first-order chi connectivity index (χ1) is 10.3. The zero-order chi connectivity index (χ0) is 16.1. The number of aromatic nitrogens is 2. The standard InChI is InChI=1S/C13H14ClN3O4S/c1-7-12-11(16-17(7)5-4-15-13(18)19)9-6-8(14)2-3-10(9)22(12,20)21/h2-3,6,15,20-21H,4-5H2,1H3,(H,18,19). The summed E-state index contributed by atoms with van der Waals surface area (Å²) in [7, 11) is -3.11. The van der Waals surface area contributed by atoms with Gasteiger partial charge in [-0.05, 0) is 25.1 Å². The molecule has 0 radical (unpaired) electrons. The van der Waals surface area contributed by atoms with Gasteiger partial charge in [0.25, 0.3) is 0 Å². The fourth-order valence-corrected chi connectivity index (χ4v) is 4.63. The molecule has 9 heteroatoms. The van der Waals surface area contributed by atoms with Gasteiger partial charge in [0.05, 0.1) is 17.1 Å². The maximum absolute atomic E-state index is 10.5. The van der Waals surface area contributed by atoms with Crippen LogP contribution in [0.4, 0.5) is 4.79 Å². The van der Waals surface area contributed by atoms with E-state index in [1.807, 2.05) is 0 Å². The Balaban J connectivity index is 2.03. The fourth-order valence-electron chi connectivity index (χ4n) is 2.58. The zero-order valence-corrected chi connectivity index (χ0v) is 13.1. The maximum atomic E-state index is 10.5. The SMILES string of the molecule is Cc1c2c(nn1CCNC(=O)O)-c1cc(Cl)ccc1S2(O)O. The van der Waals surface area contributed by atoms with Crippen molar-refractivity contribution in [1.82, 2.24) is 15.1 Å². The van der Waals surface area contributed by atoms with E-state index < -0.39 is 16.7 Å². The van der Waals surface area contributed by atoms with Crippen molar-refractivity contribution in [3.8, 4) is 11.3 Å². The Kier molecular flexibility index (Phi) is 3.56. The lowest BCUT2D eigenvalue weighted by Crippen LogP contribution is -2.26. The van der Waals surface area contributed by atoms with Crippen LogP contribution in [0, 0.1) is 6.92 Å². The number of hydrogen-bond acceptors (Lipinski definition) is 4. The van der Waals surface area contributed by atoms with Crippen molar-refractivity contribution in [3.63, 3.8) is 0 Å². The van der Waals surface area contributed by atoms with Gasteiger partial charge in [-0.2, -0.15) is 5.10 Å². The van der Waals surface area contributed by atoms with Gasteiger partial charge in [-0.1, -0.05) is 11.6 Å². The minimum absolute atomic E-state index is 0.179. The van der Waals surface area contributed by atoms with E-state index in [1.165, 1.54) is 0 Å². The monoisotopic (exact) mass is 343 g/mol. The molecular formula is C13H14ClN3O4S. The lowest BCUT2D eigenvalue weighted by Gasteiger charge is -2.28. The summed E-state index contributed by atoms with van der Waals surface area (Å²) in [6.45, 7) is 2.21. The van der Waals surface area contributed by atoms with Crippen LogP contribution in [-0.2, 0) is 6.54 Å². The van der Waals surface area contributed by atoms with E-state index in [4.69, 9.17) is 16.7 Å². The number of amides is 1. The first-order valence-electron chi connectivity index (χ1n) is 6.45. The third-order valence-electron chi connectivity index (χ3n) is 3.54. The van der Waals surface area contributed by atoms with Crippen LogP contribution in [-0.4, -0.2) is 36.6 Å². The van der Waals surface area contributed by atoms with Crippen LogP contribution >= 0.6 is 22.2 Å². The molecule has 118 valence electrons. The first-order valence-corrected chi connectivity index (χ1v) is 8.37. The molecule has 0 saturated carbocycles. The Morgan fingerprint density at radius 1 is 1.45 bits per heavy atom. The Labute approximate surface area is 132 Å². The Bertz CT molecular complexity index is 775. The molecule has 3 rings (SSSR count). The molecule has 0 fully saturated rings. The molecule has 22 heavy (non-hydrogen) atoms. The highest BCUT2D eigenvalue weighted by Gasteiger charge is 2.38. The van der Waals surface area contributed by atoms with Gasteiger partial charge in [-0.3, -0.25) is 13.8 Å². The number of nitrogens with zero attached hydrogens (tertiary/aromatic N) is 2. The zero-order valence-electron chi connectivity index (χ0n) is 11.6. The molecular weight excluding hydrogens is 330 g/mol. The van der Waals surface area contributed by atoms with Gasteiger partial charge in [0, 0.05) is 17.1 Å². The molecule has 4 N–H and O–H groups in total. The van der Waals surface area contributed by atoms with Crippen LogP contribution in [0.2, 0.25) is 5.02 Å². The van der Waals surface area contributed by atoms with E-state index in [2.05, 4.69) is 10.4 Å². The van der Waals surface area contributed by atoms with Crippen LogP contribution < -0.4 is 5.32 Å². The fraction of sp³-hybridized carbons (Fsp3) is 0.231. The van der Waals surface area contributed by atoms with Crippen LogP contribution in [0.25, 0.3) is 11.3 Å². The third kappa shape index (κ3) is 2.24. The van der Waals surface area contributed by atoms with Crippen molar-refractivity contribution in [3.05, 3.63) is 28.9 Å². The number of carboxylic acid groups (broad SMARTS) is 1. The van der Waals surface area contributed by atoms with E-state index in [0.717, 1.165) is 0 Å². The summed E-state index contributed by atoms with van der Waals surface area (Å²) in [6, 6.07) is 4.87. The van der Waals surface area contributed by atoms with Crippen molar-refractivity contribution in [1.29, 1.82) is 0 Å². The minimum atomic E-state index is -3.11. The second-order valence-corrected chi connectivity index (χ2v) is 7.29. The molecule has 2 aromatic rings. The molecule has 1 aromatic carbocycles. The van der Waals surface area contributed by atoms with Gasteiger partial charge in [-0.15, -0.1) is 10.6 Å². The van der Waals surface area contributed by atoms with Crippen LogP contribution in [0.3, 0.4) is 0 Å². The summed E-state index contributed by atoms with van der Waals surface area (Å²) in [5.74, 6) is 0. The quantitative estimate of drug-likeness (QED) is 0.684. The van der Waals surface area contributed by atoms with E-state index in [9.17, 15) is 13.9 Å². The first kappa shape index (κ1) is 15.2. The average Bonchev–Trinajstić information content (AvgIpc) is 2.85. The van der Waals surface area contributed by atoms with Crippen LogP contribution in [0.5, 0.6) is 0 Å². The number of hydrogen-bond donors (Lipinski definition) is 4. The summed E-state index contributed by atoms with van der Waals surface area (Å²) in [6.07, 6.45) is -1.11. The molecule has 0 unspecified atom stereocenters. The second-order valence-electron chi connectivity index (χ2n) is 4.91. The van der Waals surface area contributed by atoms with E-state index >= 15 is 0 Å². The van der Waals surface area contributed by atoms with Gasteiger partial charge < -0.3 is 10.4 Å². The summed E-state index contributed by atoms with van der Waals surface area (Å²) in [5, 5.41) is 15.7. The van der Waals surface area contributed by atoms with Crippen molar-refractivity contribution >= 4 is 28.3 Å². The highest BCUT2D eigenvalue weighted by Crippen LogP contribution is 2.67. The maximum Gasteiger partial charge on any atom is 0.404 e. The Hall–Kier alpha value is -1.74. The highest BCUT2D eigenvalue weighted by atomic mass is 35.5. The van der Waals surface area contributed by atoms with Crippen LogP contribution in [0.1, 0.15) is 5.69 Å². The number of halogens is 1. The summed E-state index contributed by atoms with van der Waals surface area (Å²) in [5.41, 5.74) is 1.70. The van der Waals surface area contributed by atoms with Crippen molar-refractivity contribution < 1.29 is 19.0 Å². The van der Waals surface area contributed by atoms with Gasteiger partial charge in [0.15, 0.2) is 0 Å². The van der Waals surface area contributed by atoms with E-state index in [1.54, 1.807) is 29.8 Å². The second kappa shape index (κ2) is 5.17. The van der Waals surface area contributed by atoms with Crippen molar-refractivity contribution in [2.45, 2.75) is 23.3 Å². The minimum Gasteiger partial charge on any atom is -0.465 e. The molecule has 0 spiro atoms. The molecule has 7 nitrogen and oxygen atoms in total. The lowest BCUT2D eigenvalue weighted by molar-refractivity contribution is 0.194. The molecule has 1 aromatic heterocycles. The Morgan fingerprint density at radius 2 is 2.18 bits per heavy atom. The topological polar surface area (TPSA) is 108 Å². The van der Waals surface area contributed by atoms with Crippen LogP contribution in [0.15, 0.2) is 28.0 Å². The number of fused-ring (bicyclic) bond motifs is 3. The van der Waals surface area contributed by atoms with E-state index in [0.29, 0.717) is 38.3 Å². The normalized spacial score (nSPS) is 16.0. The molecule has 1 amide bonds. The van der Waals surface area contributed by atoms with Gasteiger partial charge >= 0.3 is 6.09 Å². The molecule has 1 aliphatic rings. The predicted molar refractivity (Wildman–Crippen MR) is 82.8 cm³/mol. The molecule has 0 aliphatic carbocycles. The summed E-state index contributed by atoms with van der Waals surface area (Å²) >= 11 is 5.98. The third-order valence-corrected chi connectivity index (χ3v) is 5.80. The van der Waals surface area contributed by atoms with Gasteiger partial charge in [0.1, 0.15) is 10.6 Å². The van der Waals surface area contributed by atoms with Crippen molar-refractivity contribution in [2.24, 2.45) is 0 Å². The predicted octanol–water partition coefficient (Wildman–Crippen LogP) is 3.26. The molecule has 1 aliphatic heterocycles. The molecule has 0 saturated heterocycles. The molecule has 2 heterocycles. The lowest BCUT2D eigenvalue weighted by atomic mass is 10.1. The highest BCUT2D eigenvalue weighted by molar-refractivity contribution is 8.24. The molecule has 0 bridgehead atoms. The summed E-state index contributed by atoms with van der Waals surface area (Å²) < 4.78 is 22.6. The molecule has 0 atom stereocenters. The largest absolute Gasteiger partial charge is 0.465 e. The average molecular weight is 344 g/mol. The summed E-state index contributed by atoms with van der Waals surface area (Å²) in [4.78, 5) is 11.3. The number of carbonyl (C=O) groups is 1. The van der Waals surface area contributed by atoms with Crippen molar-refractivity contribution in [2.75, 3.05) is 6.54 Å². The smallest absolute Gasteiger partial charge is 0.404 e. The van der Waals surface area contributed by atoms with Gasteiger partial charge in [-0.25, -0.2) is 4.79 Å². The number of rotatable bonds is 3.